The van der Waals surface area contributed by atoms with Crippen LogP contribution in [0.5, 0.6) is 5.75 Å². The molecule has 9 heteroatoms. The first kappa shape index (κ1) is 26.9. The summed E-state index contributed by atoms with van der Waals surface area (Å²) in [6.45, 7) is 3.20. The standard InChI is InChI=1S/C29H33F4NO4/c1-15(28(36)37)27(35)18-4-3-17-5-10-25(38-26(17)13-18)19-11-21-7-8-22(12-19)34(21)16(2)23-14-20(30)6-9-24(23)29(31,32)33/h3-4,6,9,13-16,19,21-22,25,27,35H,5,7-8,10-12H2,1-2H3,(H,36,37)/t15-,16+,19?,21?,22?,25?,27+/m0/s1. The number of carboxylic acid groups (broad SMARTS) is 1. The van der Waals surface area contributed by atoms with Gasteiger partial charge in [-0.3, -0.25) is 9.69 Å². The van der Waals surface area contributed by atoms with E-state index in [9.17, 15) is 32.6 Å². The van der Waals surface area contributed by atoms with Crippen molar-refractivity contribution >= 4 is 5.97 Å². The number of hydrogen-bond donors (Lipinski definition) is 2. The summed E-state index contributed by atoms with van der Waals surface area (Å²) >= 11 is 0. The van der Waals surface area contributed by atoms with Gasteiger partial charge in [0.25, 0.3) is 0 Å². The smallest absolute Gasteiger partial charge is 0.416 e. The Labute approximate surface area is 219 Å². The van der Waals surface area contributed by atoms with Gasteiger partial charge in [-0.15, -0.1) is 0 Å². The lowest BCUT2D eigenvalue weighted by atomic mass is 9.81. The third-order valence-corrected chi connectivity index (χ3v) is 8.84. The molecule has 6 atom stereocenters. The number of rotatable bonds is 6. The second kappa shape index (κ2) is 10.2. The fourth-order valence-electron chi connectivity index (χ4n) is 6.84. The van der Waals surface area contributed by atoms with Crippen LogP contribution in [0.15, 0.2) is 36.4 Å². The number of carbonyl (C=O) groups is 1. The van der Waals surface area contributed by atoms with Gasteiger partial charge in [0.05, 0.1) is 17.6 Å². The van der Waals surface area contributed by atoms with Crippen molar-refractivity contribution < 1.29 is 37.3 Å². The van der Waals surface area contributed by atoms with Crippen molar-refractivity contribution in [3.63, 3.8) is 0 Å². The van der Waals surface area contributed by atoms with E-state index in [1.165, 1.54) is 6.92 Å². The molecular formula is C29H33F4NO4. The van der Waals surface area contributed by atoms with Crippen molar-refractivity contribution in [2.24, 2.45) is 11.8 Å². The number of aryl methyl sites for hydroxylation is 1. The largest absolute Gasteiger partial charge is 0.490 e. The normalized spacial score (nSPS) is 27.8. The molecule has 3 aliphatic heterocycles. The minimum absolute atomic E-state index is 0.0163. The van der Waals surface area contributed by atoms with E-state index in [0.717, 1.165) is 62.3 Å². The predicted molar refractivity (Wildman–Crippen MR) is 132 cm³/mol. The fourth-order valence-corrected chi connectivity index (χ4v) is 6.84. The number of ether oxygens (including phenoxy) is 1. The van der Waals surface area contributed by atoms with Crippen molar-refractivity contribution in [2.75, 3.05) is 0 Å². The van der Waals surface area contributed by atoms with E-state index in [0.29, 0.717) is 11.3 Å². The number of benzene rings is 2. The number of hydrogen-bond acceptors (Lipinski definition) is 4. The molecule has 0 saturated carbocycles. The van der Waals surface area contributed by atoms with Crippen LogP contribution in [0.4, 0.5) is 17.6 Å². The number of aliphatic carboxylic acids is 1. The van der Waals surface area contributed by atoms with Gasteiger partial charge in [-0.25, -0.2) is 4.39 Å². The molecule has 0 aliphatic carbocycles. The Balaban J connectivity index is 1.31. The monoisotopic (exact) mass is 535 g/mol. The Morgan fingerprint density at radius 3 is 2.37 bits per heavy atom. The maximum atomic E-state index is 14.0. The Morgan fingerprint density at radius 2 is 1.74 bits per heavy atom. The van der Waals surface area contributed by atoms with Crippen LogP contribution in [-0.4, -0.2) is 39.3 Å². The minimum atomic E-state index is -4.55. The second-order valence-corrected chi connectivity index (χ2v) is 11.1. The highest BCUT2D eigenvalue weighted by molar-refractivity contribution is 5.70. The number of halogens is 4. The molecule has 0 radical (unpaired) electrons. The van der Waals surface area contributed by atoms with Crippen LogP contribution < -0.4 is 4.74 Å². The molecular weight excluding hydrogens is 502 g/mol. The summed E-state index contributed by atoms with van der Waals surface area (Å²) in [6, 6.07) is 7.71. The van der Waals surface area contributed by atoms with Gasteiger partial charge in [-0.1, -0.05) is 12.1 Å². The maximum absolute atomic E-state index is 14.0. The third kappa shape index (κ3) is 5.02. The minimum Gasteiger partial charge on any atom is -0.490 e. The molecule has 0 spiro atoms. The highest BCUT2D eigenvalue weighted by Crippen LogP contribution is 2.48. The average Bonchev–Trinajstić information content (AvgIpc) is 3.14. The van der Waals surface area contributed by atoms with Crippen LogP contribution in [0.3, 0.4) is 0 Å². The maximum Gasteiger partial charge on any atom is 0.416 e. The Morgan fingerprint density at radius 1 is 1.05 bits per heavy atom. The third-order valence-electron chi connectivity index (χ3n) is 8.84. The summed E-state index contributed by atoms with van der Waals surface area (Å²) in [5.74, 6) is -1.81. The van der Waals surface area contributed by atoms with Gasteiger partial charge >= 0.3 is 12.1 Å². The van der Waals surface area contributed by atoms with Crippen LogP contribution in [0.25, 0.3) is 0 Å². The summed E-state index contributed by atoms with van der Waals surface area (Å²) in [4.78, 5) is 13.5. The Kier molecular flexibility index (Phi) is 7.20. The zero-order chi connectivity index (χ0) is 27.4. The van der Waals surface area contributed by atoms with Crippen LogP contribution >= 0.6 is 0 Å². The zero-order valence-corrected chi connectivity index (χ0v) is 21.4. The van der Waals surface area contributed by atoms with Crippen molar-refractivity contribution in [3.05, 3.63) is 64.5 Å². The van der Waals surface area contributed by atoms with Gasteiger partial charge in [0, 0.05) is 18.1 Å². The summed E-state index contributed by atoms with van der Waals surface area (Å²) < 4.78 is 61.5. The van der Waals surface area contributed by atoms with Gasteiger partial charge < -0.3 is 14.9 Å². The SMILES string of the molecule is C[C@H](C(=O)O)[C@@H](O)c1ccc2c(c1)OC(C1CC3CCC(C1)N3[C@H](C)c1cc(F)ccc1C(F)(F)F)CC2. The first-order chi connectivity index (χ1) is 17.9. The topological polar surface area (TPSA) is 70.0 Å². The van der Waals surface area contributed by atoms with Gasteiger partial charge in [0.15, 0.2) is 0 Å². The molecule has 2 aromatic rings. The molecule has 0 amide bonds. The van der Waals surface area contributed by atoms with E-state index in [-0.39, 0.29) is 29.7 Å². The van der Waals surface area contributed by atoms with Crippen LogP contribution in [0, 0.1) is 17.7 Å². The number of fused-ring (bicyclic) bond motifs is 3. The van der Waals surface area contributed by atoms with Crippen molar-refractivity contribution in [3.8, 4) is 5.75 Å². The quantitative estimate of drug-likeness (QED) is 0.425. The molecule has 0 aromatic heterocycles. The molecule has 5 nitrogen and oxygen atoms in total. The summed E-state index contributed by atoms with van der Waals surface area (Å²) in [7, 11) is 0. The highest BCUT2D eigenvalue weighted by atomic mass is 19.4. The van der Waals surface area contributed by atoms with Gasteiger partial charge in [0.1, 0.15) is 17.7 Å². The Bertz CT molecular complexity index is 1190. The lowest BCUT2D eigenvalue weighted by Crippen LogP contribution is -2.48. The zero-order valence-electron chi connectivity index (χ0n) is 21.4. The van der Waals surface area contributed by atoms with Crippen LogP contribution in [0.1, 0.15) is 80.4 Å². The summed E-state index contributed by atoms with van der Waals surface area (Å²) in [6.07, 6.45) is -0.793. The average molecular weight is 536 g/mol. The first-order valence-electron chi connectivity index (χ1n) is 13.3. The van der Waals surface area contributed by atoms with Crippen molar-refractivity contribution in [1.82, 2.24) is 4.90 Å². The number of alkyl halides is 3. The highest BCUT2D eigenvalue weighted by Gasteiger charge is 2.47. The molecule has 3 heterocycles. The molecule has 206 valence electrons. The molecule has 2 aromatic carbocycles. The second-order valence-electron chi connectivity index (χ2n) is 11.1. The Hall–Kier alpha value is -2.65. The fraction of sp³-hybridized carbons (Fsp3) is 0.552. The summed E-state index contributed by atoms with van der Waals surface area (Å²) in [5.41, 5.74) is 0.714. The number of aliphatic hydroxyl groups is 1. The van der Waals surface area contributed by atoms with Crippen molar-refractivity contribution in [2.45, 2.75) is 88.9 Å². The number of aliphatic hydroxyl groups excluding tert-OH is 1. The molecule has 2 fully saturated rings. The van der Waals surface area contributed by atoms with E-state index in [2.05, 4.69) is 4.90 Å². The van der Waals surface area contributed by atoms with Crippen LogP contribution in [-0.2, 0) is 17.4 Å². The first-order valence-corrected chi connectivity index (χ1v) is 13.3. The van der Waals surface area contributed by atoms with E-state index in [1.54, 1.807) is 19.1 Å². The number of piperidine rings is 1. The predicted octanol–water partition coefficient (Wildman–Crippen LogP) is 6.30. The van der Waals surface area contributed by atoms with Crippen LogP contribution in [0.2, 0.25) is 0 Å². The van der Waals surface area contributed by atoms with E-state index in [1.807, 2.05) is 6.07 Å². The number of carboxylic acids is 1. The lowest BCUT2D eigenvalue weighted by Gasteiger charge is -2.45. The molecule has 3 unspecified atom stereocenters. The van der Waals surface area contributed by atoms with Gasteiger partial charge in [-0.2, -0.15) is 13.2 Å². The summed E-state index contributed by atoms with van der Waals surface area (Å²) in [5, 5.41) is 19.7. The molecule has 5 rings (SSSR count). The lowest BCUT2D eigenvalue weighted by molar-refractivity contribution is -0.145. The van der Waals surface area contributed by atoms with Crippen molar-refractivity contribution in [1.29, 1.82) is 0 Å². The van der Waals surface area contributed by atoms with Gasteiger partial charge in [0.2, 0.25) is 0 Å². The number of nitrogens with zero attached hydrogens (tertiary/aromatic N) is 1. The van der Waals surface area contributed by atoms with Gasteiger partial charge in [-0.05, 0) is 99.2 Å². The molecule has 38 heavy (non-hydrogen) atoms. The molecule has 2 bridgehead atoms. The molecule has 3 aliphatic rings. The van der Waals surface area contributed by atoms with E-state index in [4.69, 9.17) is 4.74 Å². The molecule has 2 saturated heterocycles. The van der Waals surface area contributed by atoms with E-state index < -0.39 is 41.6 Å². The van der Waals surface area contributed by atoms with E-state index >= 15 is 0 Å². The molecule has 2 N–H and O–H groups in total.